The molecule has 0 unspecified atom stereocenters. The van der Waals surface area contributed by atoms with Crippen LogP contribution in [0, 0.1) is 13.8 Å². The second kappa shape index (κ2) is 35.6. The molecule has 0 aliphatic heterocycles. The summed E-state index contributed by atoms with van der Waals surface area (Å²) in [4.78, 5) is 18.1. The molecular weight excluding hydrogens is 793 g/mol. The summed E-state index contributed by atoms with van der Waals surface area (Å²) in [5.41, 5.74) is 9.20. The van der Waals surface area contributed by atoms with Gasteiger partial charge in [0, 0.05) is 36.3 Å². The van der Waals surface area contributed by atoms with Crippen molar-refractivity contribution >= 4 is 21.6 Å². The molecule has 6 heteroatoms. The first-order valence-corrected chi connectivity index (χ1v) is 28.2. The van der Waals surface area contributed by atoms with Crippen molar-refractivity contribution in [3.8, 4) is 22.8 Å². The molecule has 0 aromatic carbocycles. The molecule has 342 valence electrons. The van der Waals surface area contributed by atoms with Crippen LogP contribution in [0.2, 0.25) is 0 Å². The predicted molar refractivity (Wildman–Crippen MR) is 275 cm³/mol. The quantitative estimate of drug-likeness (QED) is 0.0329. The van der Waals surface area contributed by atoms with Gasteiger partial charge in [0.05, 0.1) is 22.8 Å². The van der Waals surface area contributed by atoms with E-state index in [0.29, 0.717) is 0 Å². The van der Waals surface area contributed by atoms with Gasteiger partial charge in [0.15, 0.2) is 0 Å². The molecule has 4 nitrogen and oxygen atoms in total. The van der Waals surface area contributed by atoms with Gasteiger partial charge >= 0.3 is 0 Å². The molecule has 0 saturated heterocycles. The molecule has 0 radical (unpaired) electrons. The van der Waals surface area contributed by atoms with Crippen molar-refractivity contribution in [3.05, 3.63) is 95.6 Å². The number of aromatic nitrogens is 4. The van der Waals surface area contributed by atoms with E-state index in [1.807, 2.05) is 36.9 Å². The smallest absolute Gasteiger partial charge is 0.0888 e. The number of aryl methyl sites for hydroxylation is 4. The topological polar surface area (TPSA) is 51.6 Å². The first-order valence-electron chi connectivity index (χ1n) is 25.7. The molecule has 4 heterocycles. The largest absolute Gasteiger partial charge is 0.255 e. The standard InChI is InChI=1S/C56H86N4S2/c1-49-35-39-57-53(45-49)55-47-51(37-41-59-55)33-29-25-21-17-13-9-5-3-7-11-15-19-23-27-31-43-61-62-44-32-28-24-20-16-12-8-4-6-10-14-18-22-26-30-34-52-38-42-60-56(48-52)54-46-50(2)36-40-58-54/h35-42,45-48H,3-34,43-44H2,1-2H3. The summed E-state index contributed by atoms with van der Waals surface area (Å²) in [6.07, 6.45) is 52.4. The Morgan fingerprint density at radius 1 is 0.290 bits per heavy atom. The number of rotatable bonds is 39. The summed E-state index contributed by atoms with van der Waals surface area (Å²) in [7, 11) is 4.27. The van der Waals surface area contributed by atoms with Gasteiger partial charge in [-0.25, -0.2) is 0 Å². The highest BCUT2D eigenvalue weighted by Gasteiger charge is 2.05. The second-order valence-electron chi connectivity index (χ2n) is 18.3. The molecule has 0 N–H and O–H groups in total. The van der Waals surface area contributed by atoms with Crippen LogP contribution < -0.4 is 0 Å². The Morgan fingerprint density at radius 3 is 0.823 bits per heavy atom. The zero-order chi connectivity index (χ0) is 43.4. The van der Waals surface area contributed by atoms with Crippen molar-refractivity contribution < 1.29 is 0 Å². The van der Waals surface area contributed by atoms with Crippen LogP contribution in [-0.4, -0.2) is 31.4 Å². The molecular formula is C56H86N4S2. The van der Waals surface area contributed by atoms with Gasteiger partial charge in [-0.15, -0.1) is 0 Å². The molecule has 0 amide bonds. The number of hydrogen-bond acceptors (Lipinski definition) is 6. The fourth-order valence-corrected chi connectivity index (χ4v) is 10.9. The van der Waals surface area contributed by atoms with Crippen LogP contribution in [0.4, 0.5) is 0 Å². The maximum absolute atomic E-state index is 4.55. The third kappa shape index (κ3) is 25.6. The average Bonchev–Trinajstić information content (AvgIpc) is 3.29. The number of hydrogen-bond donors (Lipinski definition) is 0. The van der Waals surface area contributed by atoms with Gasteiger partial charge in [-0.2, -0.15) is 0 Å². The van der Waals surface area contributed by atoms with Crippen LogP contribution in [0.5, 0.6) is 0 Å². The number of unbranched alkanes of at least 4 members (excludes halogenated alkanes) is 28. The normalized spacial score (nSPS) is 11.5. The lowest BCUT2D eigenvalue weighted by Crippen LogP contribution is -1.92. The molecule has 62 heavy (non-hydrogen) atoms. The fraction of sp³-hybridized carbons (Fsp3) is 0.643. The molecule has 0 aliphatic carbocycles. The van der Waals surface area contributed by atoms with Crippen LogP contribution in [0.1, 0.15) is 215 Å². The Kier molecular flexibility index (Phi) is 29.8. The lowest BCUT2D eigenvalue weighted by atomic mass is 10.0. The van der Waals surface area contributed by atoms with Crippen molar-refractivity contribution in [3.63, 3.8) is 0 Å². The van der Waals surface area contributed by atoms with Crippen molar-refractivity contribution in [2.45, 2.75) is 219 Å². The van der Waals surface area contributed by atoms with Gasteiger partial charge < -0.3 is 0 Å². The van der Waals surface area contributed by atoms with Crippen LogP contribution in [0.25, 0.3) is 22.8 Å². The molecule has 4 rings (SSSR count). The monoisotopic (exact) mass is 879 g/mol. The molecule has 0 aliphatic rings. The third-order valence-corrected chi connectivity index (χ3v) is 15.1. The summed E-state index contributed by atoms with van der Waals surface area (Å²) in [6, 6.07) is 17.1. The van der Waals surface area contributed by atoms with Crippen LogP contribution in [-0.2, 0) is 12.8 Å². The Balaban J connectivity index is 0.773. The van der Waals surface area contributed by atoms with E-state index in [0.717, 1.165) is 35.6 Å². The van der Waals surface area contributed by atoms with E-state index in [9.17, 15) is 0 Å². The molecule has 0 fully saturated rings. The van der Waals surface area contributed by atoms with E-state index in [1.54, 1.807) is 0 Å². The van der Waals surface area contributed by atoms with Gasteiger partial charge in [0.25, 0.3) is 0 Å². The lowest BCUT2D eigenvalue weighted by molar-refractivity contribution is 0.532. The van der Waals surface area contributed by atoms with Crippen molar-refractivity contribution in [1.29, 1.82) is 0 Å². The molecule has 4 aromatic heterocycles. The zero-order valence-corrected chi connectivity index (χ0v) is 41.2. The molecule has 0 saturated carbocycles. The molecule has 0 spiro atoms. The van der Waals surface area contributed by atoms with Crippen molar-refractivity contribution in [2.24, 2.45) is 0 Å². The van der Waals surface area contributed by atoms with Gasteiger partial charge in [-0.3, -0.25) is 19.9 Å². The summed E-state index contributed by atoms with van der Waals surface area (Å²) in [6.45, 7) is 4.22. The molecule has 0 atom stereocenters. The highest BCUT2D eigenvalue weighted by molar-refractivity contribution is 8.76. The lowest BCUT2D eigenvalue weighted by Gasteiger charge is -2.06. The van der Waals surface area contributed by atoms with Crippen molar-refractivity contribution in [2.75, 3.05) is 11.5 Å². The van der Waals surface area contributed by atoms with E-state index < -0.39 is 0 Å². The van der Waals surface area contributed by atoms with Gasteiger partial charge in [-0.1, -0.05) is 189 Å². The summed E-state index contributed by atoms with van der Waals surface area (Å²) < 4.78 is 0. The predicted octanol–water partition coefficient (Wildman–Crippen LogP) is 18.1. The van der Waals surface area contributed by atoms with Crippen LogP contribution in [0.15, 0.2) is 73.3 Å². The minimum absolute atomic E-state index is 0.981. The van der Waals surface area contributed by atoms with E-state index in [2.05, 4.69) is 91.8 Å². The van der Waals surface area contributed by atoms with E-state index in [1.165, 1.54) is 226 Å². The first-order chi connectivity index (χ1) is 30.7. The van der Waals surface area contributed by atoms with E-state index >= 15 is 0 Å². The first kappa shape index (κ1) is 51.9. The molecule has 0 bridgehead atoms. The fourth-order valence-electron chi connectivity index (χ4n) is 8.59. The summed E-state index contributed by atoms with van der Waals surface area (Å²) in [5.74, 6) is 2.70. The Hall–Kier alpha value is -2.70. The van der Waals surface area contributed by atoms with Crippen LogP contribution in [0.3, 0.4) is 0 Å². The highest BCUT2D eigenvalue weighted by Crippen LogP contribution is 2.26. The Bertz CT molecular complexity index is 1550. The number of nitrogens with zero attached hydrogens (tertiary/aromatic N) is 4. The van der Waals surface area contributed by atoms with Crippen molar-refractivity contribution in [1.82, 2.24) is 19.9 Å². The summed E-state index contributed by atoms with van der Waals surface area (Å²) >= 11 is 0. The zero-order valence-electron chi connectivity index (χ0n) is 39.6. The van der Waals surface area contributed by atoms with E-state index in [4.69, 9.17) is 0 Å². The van der Waals surface area contributed by atoms with Gasteiger partial charge in [0.1, 0.15) is 0 Å². The average molecular weight is 879 g/mol. The van der Waals surface area contributed by atoms with Gasteiger partial charge in [-0.05, 0) is 123 Å². The minimum Gasteiger partial charge on any atom is -0.255 e. The maximum Gasteiger partial charge on any atom is 0.0888 e. The minimum atomic E-state index is 0.981. The highest BCUT2D eigenvalue weighted by atomic mass is 33.1. The second-order valence-corrected chi connectivity index (χ2v) is 21.0. The molecule has 4 aromatic rings. The number of pyridine rings is 4. The maximum atomic E-state index is 4.55. The third-order valence-electron chi connectivity index (χ3n) is 12.5. The summed E-state index contributed by atoms with van der Waals surface area (Å²) in [5, 5.41) is 0. The van der Waals surface area contributed by atoms with Gasteiger partial charge in [0.2, 0.25) is 0 Å². The Morgan fingerprint density at radius 2 is 0.532 bits per heavy atom. The SMILES string of the molecule is Cc1ccnc(-c2cc(CCCCCCCCCCCCCCCCCSSCCCCCCCCCCCCCCCCCc3ccnc(-c4cc(C)ccn4)c3)ccn2)c1. The van der Waals surface area contributed by atoms with E-state index in [-0.39, 0.29) is 0 Å². The van der Waals surface area contributed by atoms with Crippen LogP contribution >= 0.6 is 21.6 Å². The Labute approximate surface area is 388 Å².